The van der Waals surface area contributed by atoms with Gasteiger partial charge in [0, 0.05) is 36.8 Å². The van der Waals surface area contributed by atoms with Crippen LogP contribution >= 0.6 is 0 Å². The van der Waals surface area contributed by atoms with Gasteiger partial charge in [-0.3, -0.25) is 9.89 Å². The molecular weight excluding hydrogens is 282 g/mol. The molecule has 0 atom stereocenters. The van der Waals surface area contributed by atoms with Crippen molar-refractivity contribution in [2.24, 2.45) is 0 Å². The van der Waals surface area contributed by atoms with Crippen LogP contribution in [0.3, 0.4) is 0 Å². The molecule has 0 bridgehead atoms. The van der Waals surface area contributed by atoms with E-state index >= 15 is 0 Å². The lowest BCUT2D eigenvalue weighted by Crippen LogP contribution is -2.37. The molecule has 0 spiro atoms. The zero-order valence-electron chi connectivity index (χ0n) is 13.0. The highest BCUT2D eigenvalue weighted by atomic mass is 16.4. The average Bonchev–Trinajstić information content (AvgIpc) is 2.88. The van der Waals surface area contributed by atoms with Crippen LogP contribution in [-0.2, 0) is 19.4 Å². The summed E-state index contributed by atoms with van der Waals surface area (Å²) < 4.78 is 5.08. The number of aromatic nitrogens is 2. The number of aryl methyl sites for hydroxylation is 3. The topological polar surface area (TPSA) is 79.2 Å². The molecule has 0 aromatic carbocycles. The second-order valence-corrected chi connectivity index (χ2v) is 5.64. The second kappa shape index (κ2) is 5.44. The van der Waals surface area contributed by atoms with E-state index in [4.69, 9.17) is 4.42 Å². The van der Waals surface area contributed by atoms with Crippen molar-refractivity contribution in [3.8, 4) is 0 Å². The number of nitrogens with one attached hydrogen (secondary N) is 1. The van der Waals surface area contributed by atoms with Crippen LogP contribution in [0.4, 0.5) is 0 Å². The minimum Gasteiger partial charge on any atom is -0.427 e. The number of carbonyl (C=O) groups excluding carboxylic acids is 1. The first kappa shape index (κ1) is 14.6. The molecule has 3 rings (SSSR count). The zero-order chi connectivity index (χ0) is 15.9. The Bertz CT molecular complexity index is 749. The van der Waals surface area contributed by atoms with Gasteiger partial charge in [-0.05, 0) is 25.8 Å². The maximum absolute atomic E-state index is 12.8. The third-order valence-corrected chi connectivity index (χ3v) is 4.19. The number of carbonyl (C=O) groups is 1. The largest absolute Gasteiger partial charge is 0.427 e. The van der Waals surface area contributed by atoms with Crippen molar-refractivity contribution in [2.75, 3.05) is 6.54 Å². The van der Waals surface area contributed by atoms with Crippen molar-refractivity contribution in [3.63, 3.8) is 0 Å². The van der Waals surface area contributed by atoms with Gasteiger partial charge in [0.2, 0.25) is 0 Å². The zero-order valence-corrected chi connectivity index (χ0v) is 13.0. The quantitative estimate of drug-likeness (QED) is 0.916. The van der Waals surface area contributed by atoms with Crippen LogP contribution in [0.1, 0.15) is 45.6 Å². The van der Waals surface area contributed by atoms with Gasteiger partial charge in [-0.15, -0.1) is 0 Å². The van der Waals surface area contributed by atoms with Gasteiger partial charge < -0.3 is 9.32 Å². The van der Waals surface area contributed by atoms with E-state index in [9.17, 15) is 9.59 Å². The number of aromatic amines is 1. The van der Waals surface area contributed by atoms with Crippen LogP contribution in [0.15, 0.2) is 15.3 Å². The summed E-state index contributed by atoms with van der Waals surface area (Å²) >= 11 is 0. The summed E-state index contributed by atoms with van der Waals surface area (Å²) in [6.07, 6.45) is 1.61. The molecule has 1 amide bonds. The minimum absolute atomic E-state index is 0.0901. The van der Waals surface area contributed by atoms with Crippen LogP contribution in [0.25, 0.3) is 0 Å². The van der Waals surface area contributed by atoms with Gasteiger partial charge in [0.15, 0.2) is 0 Å². The Morgan fingerprint density at radius 2 is 2.23 bits per heavy atom. The Labute approximate surface area is 128 Å². The molecule has 0 radical (unpaired) electrons. The van der Waals surface area contributed by atoms with Crippen molar-refractivity contribution >= 4 is 5.91 Å². The molecule has 1 N–H and O–H groups in total. The molecule has 0 aliphatic carbocycles. The fourth-order valence-electron chi connectivity index (χ4n) is 3.06. The van der Waals surface area contributed by atoms with E-state index in [1.165, 1.54) is 6.07 Å². The monoisotopic (exact) mass is 301 g/mol. The molecule has 6 heteroatoms. The Morgan fingerprint density at radius 1 is 1.45 bits per heavy atom. The van der Waals surface area contributed by atoms with Crippen LogP contribution < -0.4 is 5.63 Å². The lowest BCUT2D eigenvalue weighted by molar-refractivity contribution is 0.0729. The number of nitrogens with zero attached hydrogens (tertiary/aromatic N) is 2. The number of hydrogen-bond donors (Lipinski definition) is 1. The van der Waals surface area contributed by atoms with E-state index in [-0.39, 0.29) is 5.91 Å². The first-order valence-electron chi connectivity index (χ1n) is 7.46. The maximum atomic E-state index is 12.8. The molecule has 0 saturated heterocycles. The fraction of sp³-hybridized carbons (Fsp3) is 0.438. The van der Waals surface area contributed by atoms with E-state index in [0.29, 0.717) is 30.0 Å². The highest BCUT2D eigenvalue weighted by Crippen LogP contribution is 2.23. The molecule has 116 valence electrons. The van der Waals surface area contributed by atoms with Crippen molar-refractivity contribution in [3.05, 3.63) is 50.3 Å². The van der Waals surface area contributed by atoms with E-state index in [0.717, 1.165) is 29.8 Å². The molecule has 0 fully saturated rings. The molecule has 6 nitrogen and oxygen atoms in total. The van der Waals surface area contributed by atoms with E-state index in [2.05, 4.69) is 17.1 Å². The molecular formula is C16H19N3O3. The summed E-state index contributed by atoms with van der Waals surface area (Å²) in [7, 11) is 0. The smallest absolute Gasteiger partial charge is 0.336 e. The van der Waals surface area contributed by atoms with Crippen LogP contribution in [0.2, 0.25) is 0 Å². The van der Waals surface area contributed by atoms with Crippen LogP contribution in [0.5, 0.6) is 0 Å². The first-order chi connectivity index (χ1) is 10.5. The van der Waals surface area contributed by atoms with Gasteiger partial charge in [0.25, 0.3) is 5.91 Å². The summed E-state index contributed by atoms with van der Waals surface area (Å²) in [6.45, 7) is 6.66. The SMILES string of the molecule is CCc1n[nH]c2c1CN(C(=O)c1c(C)cc(=O)oc1C)CC2. The lowest BCUT2D eigenvalue weighted by atomic mass is 10.0. The minimum atomic E-state index is -0.421. The molecule has 3 heterocycles. The average molecular weight is 301 g/mol. The maximum Gasteiger partial charge on any atom is 0.336 e. The second-order valence-electron chi connectivity index (χ2n) is 5.64. The summed E-state index contributed by atoms with van der Waals surface area (Å²) in [5.74, 6) is 0.288. The number of H-pyrrole nitrogens is 1. The Balaban J connectivity index is 1.93. The Morgan fingerprint density at radius 3 is 2.91 bits per heavy atom. The molecule has 22 heavy (non-hydrogen) atoms. The number of rotatable bonds is 2. The van der Waals surface area contributed by atoms with E-state index in [1.54, 1.807) is 18.7 Å². The lowest BCUT2D eigenvalue weighted by Gasteiger charge is -2.28. The van der Waals surface area contributed by atoms with Gasteiger partial charge in [-0.1, -0.05) is 6.92 Å². The van der Waals surface area contributed by atoms with Crippen LogP contribution in [0, 0.1) is 13.8 Å². The predicted octanol–water partition coefficient (Wildman–Crippen LogP) is 1.74. The molecule has 1 aliphatic rings. The molecule has 0 unspecified atom stereocenters. The third kappa shape index (κ3) is 2.34. The standard InChI is InChI=1S/C16H19N3O3/c1-4-12-11-8-19(6-5-13(11)18-17-12)16(21)15-9(2)7-14(20)22-10(15)3/h7H,4-6,8H2,1-3H3,(H,17,18). The van der Waals surface area contributed by atoms with Gasteiger partial charge in [0.1, 0.15) is 5.76 Å². The first-order valence-corrected chi connectivity index (χ1v) is 7.46. The predicted molar refractivity (Wildman–Crippen MR) is 80.9 cm³/mol. The Hall–Kier alpha value is -2.37. The Kier molecular flexibility index (Phi) is 3.60. The van der Waals surface area contributed by atoms with Crippen molar-refractivity contribution in [1.82, 2.24) is 15.1 Å². The van der Waals surface area contributed by atoms with Crippen molar-refractivity contribution in [2.45, 2.75) is 40.2 Å². The molecule has 0 saturated carbocycles. The van der Waals surface area contributed by atoms with Crippen molar-refractivity contribution in [1.29, 1.82) is 0 Å². The highest BCUT2D eigenvalue weighted by Gasteiger charge is 2.27. The van der Waals surface area contributed by atoms with Gasteiger partial charge in [-0.2, -0.15) is 5.10 Å². The highest BCUT2D eigenvalue weighted by molar-refractivity contribution is 5.96. The van der Waals surface area contributed by atoms with E-state index in [1.807, 2.05) is 0 Å². The summed E-state index contributed by atoms with van der Waals surface area (Å²) in [5.41, 5.74) is 3.98. The van der Waals surface area contributed by atoms with Gasteiger partial charge in [-0.25, -0.2) is 4.79 Å². The van der Waals surface area contributed by atoms with Crippen LogP contribution in [-0.4, -0.2) is 27.5 Å². The number of amides is 1. The summed E-state index contributed by atoms with van der Waals surface area (Å²) in [6, 6.07) is 1.37. The normalized spacial score (nSPS) is 14.0. The molecule has 2 aromatic rings. The van der Waals surface area contributed by atoms with E-state index < -0.39 is 5.63 Å². The molecule has 2 aromatic heterocycles. The number of hydrogen-bond acceptors (Lipinski definition) is 4. The summed E-state index contributed by atoms with van der Waals surface area (Å²) in [4.78, 5) is 26.0. The van der Waals surface area contributed by atoms with Gasteiger partial charge in [0.05, 0.1) is 11.3 Å². The van der Waals surface area contributed by atoms with Crippen molar-refractivity contribution < 1.29 is 9.21 Å². The number of fused-ring (bicyclic) bond motifs is 1. The molecule has 1 aliphatic heterocycles. The summed E-state index contributed by atoms with van der Waals surface area (Å²) in [5, 5.41) is 7.37. The van der Waals surface area contributed by atoms with Gasteiger partial charge >= 0.3 is 5.63 Å². The fourth-order valence-corrected chi connectivity index (χ4v) is 3.06. The third-order valence-electron chi connectivity index (χ3n) is 4.19.